The maximum Gasteiger partial charge on any atom is 0.194 e. The molecule has 19 heavy (non-hydrogen) atoms. The Morgan fingerprint density at radius 2 is 2.00 bits per heavy atom. The van der Waals surface area contributed by atoms with Crippen molar-refractivity contribution in [1.29, 1.82) is 5.26 Å². The van der Waals surface area contributed by atoms with E-state index < -0.39 is 5.92 Å². The van der Waals surface area contributed by atoms with E-state index in [9.17, 15) is 10.1 Å². The van der Waals surface area contributed by atoms with Gasteiger partial charge in [-0.15, -0.1) is 11.3 Å². The van der Waals surface area contributed by atoms with Crippen LogP contribution >= 0.6 is 34.5 Å². The highest BCUT2D eigenvalue weighted by Crippen LogP contribution is 2.29. The van der Waals surface area contributed by atoms with E-state index in [0.717, 1.165) is 4.88 Å². The van der Waals surface area contributed by atoms with Crippen LogP contribution in [0.15, 0.2) is 30.3 Å². The zero-order valence-corrected chi connectivity index (χ0v) is 12.3. The number of benzene rings is 1. The molecule has 0 N–H and O–H groups in total. The second-order valence-corrected chi connectivity index (χ2v) is 6.11. The number of hydrogen-bond donors (Lipinski definition) is 0. The van der Waals surface area contributed by atoms with Gasteiger partial charge in [0, 0.05) is 4.88 Å². The van der Waals surface area contributed by atoms with Gasteiger partial charge < -0.3 is 0 Å². The minimum Gasteiger partial charge on any atom is -0.291 e. The van der Waals surface area contributed by atoms with Crippen LogP contribution in [0, 0.1) is 18.3 Å². The third-order valence-electron chi connectivity index (χ3n) is 2.65. The average molecular weight is 310 g/mol. The summed E-state index contributed by atoms with van der Waals surface area (Å²) >= 11 is 13.1. The maximum absolute atomic E-state index is 12.3. The van der Waals surface area contributed by atoms with Gasteiger partial charge in [0.1, 0.15) is 5.92 Å². The van der Waals surface area contributed by atoms with Crippen molar-refractivity contribution in [2.75, 3.05) is 0 Å². The number of nitrogens with zero attached hydrogens (tertiary/aromatic N) is 1. The standard InChI is InChI=1S/C14H9Cl2NOS/c1-8-2-5-13(19-8)14(18)10(7-17)9-3-4-11(15)12(16)6-9/h2-6,10H,1H3. The van der Waals surface area contributed by atoms with E-state index in [0.29, 0.717) is 20.5 Å². The summed E-state index contributed by atoms with van der Waals surface area (Å²) in [4.78, 5) is 13.9. The van der Waals surface area contributed by atoms with Crippen LogP contribution < -0.4 is 0 Å². The first kappa shape index (κ1) is 14.1. The van der Waals surface area contributed by atoms with Crippen LogP contribution in [-0.2, 0) is 0 Å². The minimum atomic E-state index is -0.854. The molecule has 0 amide bonds. The molecule has 96 valence electrons. The summed E-state index contributed by atoms with van der Waals surface area (Å²) in [7, 11) is 0. The molecule has 0 aliphatic heterocycles. The summed E-state index contributed by atoms with van der Waals surface area (Å²) in [5, 5.41) is 9.98. The van der Waals surface area contributed by atoms with Crippen molar-refractivity contribution in [3.8, 4) is 6.07 Å². The predicted octanol–water partition coefficient (Wildman–Crippen LogP) is 4.85. The fourth-order valence-corrected chi connectivity index (χ4v) is 2.83. The molecular formula is C14H9Cl2NOS. The Morgan fingerprint density at radius 1 is 1.26 bits per heavy atom. The molecule has 1 aromatic carbocycles. The summed E-state index contributed by atoms with van der Waals surface area (Å²) in [6.07, 6.45) is 0. The van der Waals surface area contributed by atoms with Crippen molar-refractivity contribution in [3.63, 3.8) is 0 Å². The zero-order chi connectivity index (χ0) is 14.0. The summed E-state index contributed by atoms with van der Waals surface area (Å²) in [6.45, 7) is 1.92. The molecule has 2 aromatic rings. The lowest BCUT2D eigenvalue weighted by Gasteiger charge is -2.08. The fraction of sp³-hybridized carbons (Fsp3) is 0.143. The van der Waals surface area contributed by atoms with Crippen LogP contribution in [-0.4, -0.2) is 5.78 Å². The smallest absolute Gasteiger partial charge is 0.194 e. The monoisotopic (exact) mass is 309 g/mol. The number of Topliss-reactive ketones (excluding diaryl/α,β-unsaturated/α-hetero) is 1. The molecule has 1 heterocycles. The lowest BCUT2D eigenvalue weighted by Crippen LogP contribution is -2.09. The molecule has 0 bridgehead atoms. The summed E-state index contributed by atoms with van der Waals surface area (Å²) in [5.41, 5.74) is 0.563. The number of hydrogen-bond acceptors (Lipinski definition) is 3. The van der Waals surface area contributed by atoms with Crippen molar-refractivity contribution in [3.05, 3.63) is 55.7 Å². The summed E-state index contributed by atoms with van der Waals surface area (Å²) in [6, 6.07) is 10.4. The highest BCUT2D eigenvalue weighted by atomic mass is 35.5. The number of thiophene rings is 1. The van der Waals surface area contributed by atoms with E-state index in [1.54, 1.807) is 24.3 Å². The molecular weight excluding hydrogens is 301 g/mol. The molecule has 2 nitrogen and oxygen atoms in total. The third-order valence-corrected chi connectivity index (χ3v) is 4.41. The lowest BCUT2D eigenvalue weighted by atomic mass is 9.95. The van der Waals surface area contributed by atoms with E-state index in [1.807, 2.05) is 19.1 Å². The molecule has 0 fully saturated rings. The van der Waals surface area contributed by atoms with Gasteiger partial charge in [-0.25, -0.2) is 0 Å². The van der Waals surface area contributed by atoms with Gasteiger partial charge in [0.15, 0.2) is 5.78 Å². The van der Waals surface area contributed by atoms with Crippen LogP contribution in [0.5, 0.6) is 0 Å². The van der Waals surface area contributed by atoms with Gasteiger partial charge in [0.25, 0.3) is 0 Å². The van der Waals surface area contributed by atoms with E-state index in [1.165, 1.54) is 11.3 Å². The van der Waals surface area contributed by atoms with Gasteiger partial charge in [0.05, 0.1) is 21.0 Å². The average Bonchev–Trinajstić information content (AvgIpc) is 2.81. The highest BCUT2D eigenvalue weighted by Gasteiger charge is 2.23. The van der Waals surface area contributed by atoms with Crippen LogP contribution in [0.25, 0.3) is 0 Å². The van der Waals surface area contributed by atoms with Crippen LogP contribution in [0.1, 0.15) is 26.0 Å². The second-order valence-electron chi connectivity index (χ2n) is 4.01. The summed E-state index contributed by atoms with van der Waals surface area (Å²) < 4.78 is 0. The Balaban J connectivity index is 2.37. The number of carbonyl (C=O) groups excluding carboxylic acids is 1. The van der Waals surface area contributed by atoms with E-state index in [2.05, 4.69) is 0 Å². The Labute approximate surface area is 125 Å². The van der Waals surface area contributed by atoms with Gasteiger partial charge >= 0.3 is 0 Å². The minimum absolute atomic E-state index is 0.209. The predicted molar refractivity (Wildman–Crippen MR) is 78.2 cm³/mol. The Bertz CT molecular complexity index is 672. The Kier molecular flexibility index (Phi) is 4.26. The third kappa shape index (κ3) is 2.98. The quantitative estimate of drug-likeness (QED) is 0.760. The molecule has 1 aromatic heterocycles. The fourth-order valence-electron chi connectivity index (χ4n) is 1.69. The van der Waals surface area contributed by atoms with E-state index >= 15 is 0 Å². The number of carbonyl (C=O) groups is 1. The molecule has 0 aliphatic rings. The molecule has 2 rings (SSSR count). The first-order valence-corrected chi connectivity index (χ1v) is 7.05. The largest absolute Gasteiger partial charge is 0.291 e. The highest BCUT2D eigenvalue weighted by molar-refractivity contribution is 7.14. The zero-order valence-electron chi connectivity index (χ0n) is 9.98. The number of aryl methyl sites for hydroxylation is 1. The van der Waals surface area contributed by atoms with Crippen LogP contribution in [0.3, 0.4) is 0 Å². The Hall–Kier alpha value is -1.34. The molecule has 0 saturated heterocycles. The van der Waals surface area contributed by atoms with Crippen molar-refractivity contribution < 1.29 is 4.79 Å². The van der Waals surface area contributed by atoms with Crippen molar-refractivity contribution in [1.82, 2.24) is 0 Å². The van der Waals surface area contributed by atoms with Crippen molar-refractivity contribution in [2.24, 2.45) is 0 Å². The molecule has 0 saturated carbocycles. The molecule has 1 atom stereocenters. The molecule has 0 radical (unpaired) electrons. The van der Waals surface area contributed by atoms with Gasteiger partial charge in [-0.3, -0.25) is 4.79 Å². The molecule has 0 aliphatic carbocycles. The molecule has 1 unspecified atom stereocenters. The maximum atomic E-state index is 12.3. The normalized spacial score (nSPS) is 11.9. The first-order valence-electron chi connectivity index (χ1n) is 5.48. The second kappa shape index (κ2) is 5.75. The van der Waals surface area contributed by atoms with Gasteiger partial charge in [-0.2, -0.15) is 5.26 Å². The topological polar surface area (TPSA) is 40.9 Å². The van der Waals surface area contributed by atoms with E-state index in [4.69, 9.17) is 23.2 Å². The van der Waals surface area contributed by atoms with Gasteiger partial charge in [-0.1, -0.05) is 29.3 Å². The van der Waals surface area contributed by atoms with Crippen LogP contribution in [0.2, 0.25) is 10.0 Å². The van der Waals surface area contributed by atoms with Crippen LogP contribution in [0.4, 0.5) is 0 Å². The first-order chi connectivity index (χ1) is 9.02. The van der Waals surface area contributed by atoms with Crippen molar-refractivity contribution >= 4 is 40.3 Å². The molecule has 5 heteroatoms. The van der Waals surface area contributed by atoms with E-state index in [-0.39, 0.29) is 5.78 Å². The Morgan fingerprint density at radius 3 is 2.53 bits per heavy atom. The number of nitriles is 1. The number of ketones is 1. The number of halogens is 2. The van der Waals surface area contributed by atoms with Gasteiger partial charge in [0.2, 0.25) is 0 Å². The van der Waals surface area contributed by atoms with Crippen molar-refractivity contribution in [2.45, 2.75) is 12.8 Å². The van der Waals surface area contributed by atoms with Gasteiger partial charge in [-0.05, 0) is 36.8 Å². The SMILES string of the molecule is Cc1ccc(C(=O)C(C#N)c2ccc(Cl)c(Cl)c2)s1. The summed E-state index contributed by atoms with van der Waals surface area (Å²) in [5.74, 6) is -1.06. The lowest BCUT2D eigenvalue weighted by molar-refractivity contribution is 0.0983. The molecule has 0 spiro atoms. The number of rotatable bonds is 3.